The van der Waals surface area contributed by atoms with E-state index in [-0.39, 0.29) is 0 Å². The van der Waals surface area contributed by atoms with E-state index in [0.717, 1.165) is 11.0 Å². The van der Waals surface area contributed by atoms with Gasteiger partial charge in [0.2, 0.25) is 0 Å². The largest absolute Gasteiger partial charge is 0.396 e. The third-order valence-electron chi connectivity index (χ3n) is 2.37. The van der Waals surface area contributed by atoms with Crippen LogP contribution in [0, 0.1) is 0 Å². The summed E-state index contributed by atoms with van der Waals surface area (Å²) in [5, 5.41) is 6.67. The molecule has 0 amide bonds. The highest BCUT2D eigenvalue weighted by Gasteiger charge is 2.07. The normalized spacial score (nSPS) is 10.8. The second kappa shape index (κ2) is 3.30. The molecule has 0 radical (unpaired) electrons. The molecule has 3 rings (SSSR count). The minimum Gasteiger partial charge on any atom is -0.396 e. The highest BCUT2D eigenvalue weighted by atomic mass is 15.1. The van der Waals surface area contributed by atoms with Crippen LogP contribution in [0.4, 0.5) is 5.69 Å². The van der Waals surface area contributed by atoms with E-state index in [9.17, 15) is 0 Å². The van der Waals surface area contributed by atoms with Gasteiger partial charge in [-0.3, -0.25) is 10.1 Å². The molecular formula is C11H9N5. The number of hydrogen-bond acceptors (Lipinski definition) is 4. The third-order valence-corrected chi connectivity index (χ3v) is 2.37. The number of hydrogen-bond donors (Lipinski definition) is 2. The zero-order chi connectivity index (χ0) is 11.0. The number of anilines is 1. The molecule has 0 bridgehead atoms. The van der Waals surface area contributed by atoms with Crippen LogP contribution < -0.4 is 5.73 Å². The molecule has 0 unspecified atom stereocenters. The average molecular weight is 211 g/mol. The summed E-state index contributed by atoms with van der Waals surface area (Å²) in [4.78, 5) is 8.78. The van der Waals surface area contributed by atoms with Crippen molar-refractivity contribution in [1.29, 1.82) is 0 Å². The van der Waals surface area contributed by atoms with Crippen LogP contribution in [0.5, 0.6) is 0 Å². The molecule has 5 heteroatoms. The SMILES string of the molecule is Nc1cn[nH]c1-c1cnc2ccccc2n1. The fourth-order valence-corrected chi connectivity index (χ4v) is 1.58. The monoisotopic (exact) mass is 211 g/mol. The molecule has 1 aromatic carbocycles. The molecule has 0 spiro atoms. The number of aromatic nitrogens is 4. The average Bonchev–Trinajstić information content (AvgIpc) is 2.75. The fraction of sp³-hybridized carbons (Fsp3) is 0. The standard InChI is InChI=1S/C11H9N5/c12-7-5-14-16-11(7)10-6-13-8-3-1-2-4-9(8)15-10/h1-6H,12H2,(H,14,16). The van der Waals surface area contributed by atoms with Crippen molar-refractivity contribution in [2.24, 2.45) is 0 Å². The Balaban J connectivity index is 2.23. The van der Waals surface area contributed by atoms with Crippen LogP contribution >= 0.6 is 0 Å². The number of H-pyrrole nitrogens is 1. The number of nitrogen functional groups attached to an aromatic ring is 1. The highest BCUT2D eigenvalue weighted by Crippen LogP contribution is 2.21. The lowest BCUT2D eigenvalue weighted by Gasteiger charge is -2.00. The molecular weight excluding hydrogens is 202 g/mol. The first-order chi connectivity index (χ1) is 7.84. The lowest BCUT2D eigenvalue weighted by atomic mass is 10.2. The maximum Gasteiger partial charge on any atom is 0.109 e. The van der Waals surface area contributed by atoms with E-state index >= 15 is 0 Å². The van der Waals surface area contributed by atoms with Gasteiger partial charge in [-0.05, 0) is 12.1 Å². The van der Waals surface area contributed by atoms with Crippen molar-refractivity contribution in [3.05, 3.63) is 36.7 Å². The highest BCUT2D eigenvalue weighted by molar-refractivity contribution is 5.78. The Morgan fingerprint density at radius 2 is 1.88 bits per heavy atom. The molecule has 5 nitrogen and oxygen atoms in total. The summed E-state index contributed by atoms with van der Waals surface area (Å²) in [6.07, 6.45) is 3.25. The number of aromatic amines is 1. The van der Waals surface area contributed by atoms with Gasteiger partial charge in [0.1, 0.15) is 11.4 Å². The van der Waals surface area contributed by atoms with Gasteiger partial charge in [-0.25, -0.2) is 4.98 Å². The second-order valence-corrected chi connectivity index (χ2v) is 3.44. The molecule has 16 heavy (non-hydrogen) atoms. The molecule has 3 aromatic rings. The molecule has 0 fully saturated rings. The molecule has 2 heterocycles. The van der Waals surface area contributed by atoms with E-state index in [2.05, 4.69) is 20.2 Å². The quantitative estimate of drug-likeness (QED) is 0.640. The van der Waals surface area contributed by atoms with Gasteiger partial charge in [-0.1, -0.05) is 12.1 Å². The second-order valence-electron chi connectivity index (χ2n) is 3.44. The summed E-state index contributed by atoms with van der Waals surface area (Å²) in [6.45, 7) is 0. The van der Waals surface area contributed by atoms with Crippen molar-refractivity contribution >= 4 is 16.7 Å². The number of nitrogens with zero attached hydrogens (tertiary/aromatic N) is 3. The topological polar surface area (TPSA) is 80.5 Å². The minimum atomic E-state index is 0.574. The Bertz CT molecular complexity index is 643. The van der Waals surface area contributed by atoms with E-state index in [1.165, 1.54) is 0 Å². The molecule has 0 saturated heterocycles. The summed E-state index contributed by atoms with van der Waals surface area (Å²) < 4.78 is 0. The first-order valence-electron chi connectivity index (χ1n) is 4.85. The molecule has 3 N–H and O–H groups in total. The number of para-hydroxylation sites is 2. The maximum absolute atomic E-state index is 5.76. The van der Waals surface area contributed by atoms with Crippen molar-refractivity contribution < 1.29 is 0 Å². The van der Waals surface area contributed by atoms with E-state index in [1.54, 1.807) is 12.4 Å². The Labute approximate surface area is 91.3 Å². The number of rotatable bonds is 1. The van der Waals surface area contributed by atoms with Crippen LogP contribution in [0.2, 0.25) is 0 Å². The number of nitrogens with two attached hydrogens (primary N) is 1. The van der Waals surface area contributed by atoms with Crippen molar-refractivity contribution in [2.45, 2.75) is 0 Å². The van der Waals surface area contributed by atoms with E-state index in [4.69, 9.17) is 5.73 Å². The van der Waals surface area contributed by atoms with Gasteiger partial charge < -0.3 is 5.73 Å². The van der Waals surface area contributed by atoms with E-state index in [0.29, 0.717) is 17.1 Å². The van der Waals surface area contributed by atoms with Crippen LogP contribution in [-0.2, 0) is 0 Å². The van der Waals surface area contributed by atoms with Gasteiger partial charge in [0, 0.05) is 0 Å². The van der Waals surface area contributed by atoms with Crippen LogP contribution in [0.15, 0.2) is 36.7 Å². The zero-order valence-electron chi connectivity index (χ0n) is 8.38. The Morgan fingerprint density at radius 3 is 2.62 bits per heavy atom. The zero-order valence-corrected chi connectivity index (χ0v) is 8.38. The van der Waals surface area contributed by atoms with Gasteiger partial charge in [0.15, 0.2) is 0 Å². The number of fused-ring (bicyclic) bond motifs is 1. The van der Waals surface area contributed by atoms with Crippen LogP contribution in [-0.4, -0.2) is 20.2 Å². The Hall–Kier alpha value is -2.43. The number of benzene rings is 1. The van der Waals surface area contributed by atoms with Crippen molar-refractivity contribution in [1.82, 2.24) is 20.2 Å². The minimum absolute atomic E-state index is 0.574. The van der Waals surface area contributed by atoms with Gasteiger partial charge in [-0.15, -0.1) is 0 Å². The Kier molecular flexibility index (Phi) is 1.83. The van der Waals surface area contributed by atoms with Crippen LogP contribution in [0.1, 0.15) is 0 Å². The molecule has 0 aliphatic carbocycles. The molecule has 0 aliphatic rings. The summed E-state index contributed by atoms with van der Waals surface area (Å²) >= 11 is 0. The van der Waals surface area contributed by atoms with Crippen molar-refractivity contribution in [3.8, 4) is 11.4 Å². The van der Waals surface area contributed by atoms with E-state index in [1.807, 2.05) is 24.3 Å². The molecule has 0 atom stereocenters. The van der Waals surface area contributed by atoms with Gasteiger partial charge >= 0.3 is 0 Å². The van der Waals surface area contributed by atoms with Gasteiger partial charge in [0.25, 0.3) is 0 Å². The van der Waals surface area contributed by atoms with Crippen LogP contribution in [0.3, 0.4) is 0 Å². The lowest BCUT2D eigenvalue weighted by Crippen LogP contribution is -1.92. The van der Waals surface area contributed by atoms with Crippen molar-refractivity contribution in [2.75, 3.05) is 5.73 Å². The van der Waals surface area contributed by atoms with Gasteiger partial charge in [-0.2, -0.15) is 5.10 Å². The fourth-order valence-electron chi connectivity index (χ4n) is 1.58. The summed E-state index contributed by atoms with van der Waals surface area (Å²) in [5.41, 5.74) is 9.44. The summed E-state index contributed by atoms with van der Waals surface area (Å²) in [6, 6.07) is 7.69. The number of nitrogens with one attached hydrogen (secondary N) is 1. The summed E-state index contributed by atoms with van der Waals surface area (Å²) in [5.74, 6) is 0. The van der Waals surface area contributed by atoms with Crippen LogP contribution in [0.25, 0.3) is 22.4 Å². The molecule has 78 valence electrons. The van der Waals surface area contributed by atoms with Crippen molar-refractivity contribution in [3.63, 3.8) is 0 Å². The predicted molar refractivity (Wildman–Crippen MR) is 61.5 cm³/mol. The smallest absolute Gasteiger partial charge is 0.109 e. The van der Waals surface area contributed by atoms with Gasteiger partial charge in [0.05, 0.1) is 29.1 Å². The third kappa shape index (κ3) is 1.30. The molecule has 0 aliphatic heterocycles. The first-order valence-corrected chi connectivity index (χ1v) is 4.85. The molecule has 0 saturated carbocycles. The summed E-state index contributed by atoms with van der Waals surface area (Å²) in [7, 11) is 0. The maximum atomic E-state index is 5.76. The lowest BCUT2D eigenvalue weighted by molar-refractivity contribution is 1.08. The first kappa shape index (κ1) is 8.84. The molecule has 2 aromatic heterocycles. The predicted octanol–water partition coefficient (Wildman–Crippen LogP) is 1.60. The Morgan fingerprint density at radius 1 is 1.06 bits per heavy atom. The van der Waals surface area contributed by atoms with E-state index < -0.39 is 0 Å².